The number of nitrogens with two attached hydrogens (primary N) is 1. The Balaban J connectivity index is 1.04. The minimum Gasteiger partial charge on any atom is -0.441 e. The number of rotatable bonds is 8. The van der Waals surface area contributed by atoms with E-state index in [1.165, 1.54) is 0 Å². The van der Waals surface area contributed by atoms with Crippen LogP contribution in [0, 0.1) is 6.92 Å². The molecule has 3 amide bonds. The van der Waals surface area contributed by atoms with Gasteiger partial charge in [-0.25, -0.2) is 17.5 Å². The lowest BCUT2D eigenvalue weighted by atomic mass is 9.86. The number of sulfonamides is 1. The number of fused-ring (bicyclic) bond motifs is 2. The molecule has 242 valence electrons. The lowest BCUT2D eigenvalue weighted by molar-refractivity contribution is -0.130. The minimum absolute atomic E-state index is 0.0217. The number of nitrogens with one attached hydrogen (secondary N) is 1. The van der Waals surface area contributed by atoms with E-state index in [0.717, 1.165) is 39.5 Å². The average Bonchev–Trinajstić information content (AvgIpc) is 3.98. The Bertz CT molecular complexity index is 1820. The fourth-order valence-electron chi connectivity index (χ4n) is 7.02. The number of primary amides is 1. The molecule has 1 spiro atoms. The second-order valence-electron chi connectivity index (χ2n) is 13.0. The quantitative estimate of drug-likeness (QED) is 0.361. The molecule has 3 heterocycles. The summed E-state index contributed by atoms with van der Waals surface area (Å²) in [5.74, 6) is -0.711. The zero-order valence-electron chi connectivity index (χ0n) is 25.8. The van der Waals surface area contributed by atoms with Gasteiger partial charge >= 0.3 is 6.09 Å². The fourth-order valence-corrected chi connectivity index (χ4v) is 9.01. The van der Waals surface area contributed by atoms with E-state index in [1.807, 2.05) is 55.5 Å². The fraction of sp³-hybridized carbons (Fsp3) is 0.455. The summed E-state index contributed by atoms with van der Waals surface area (Å²) in [7, 11) is -4.24. The molecule has 0 unspecified atom stereocenters. The van der Waals surface area contributed by atoms with Crippen LogP contribution in [0.3, 0.4) is 0 Å². The number of nitrogens with zero attached hydrogens (tertiary/aromatic N) is 3. The monoisotopic (exact) mass is 647 g/mol. The van der Waals surface area contributed by atoms with Gasteiger partial charge in [-0.05, 0) is 81.2 Å². The van der Waals surface area contributed by atoms with E-state index in [1.54, 1.807) is 6.92 Å². The molecule has 3 N–H and O–H groups in total. The molecule has 13 heteroatoms. The molecular weight excluding hydrogens is 610 g/mol. The predicted molar refractivity (Wildman–Crippen MR) is 168 cm³/mol. The molecule has 0 bridgehead atoms. The summed E-state index contributed by atoms with van der Waals surface area (Å²) >= 11 is 0. The van der Waals surface area contributed by atoms with E-state index >= 15 is 0 Å². The van der Waals surface area contributed by atoms with Gasteiger partial charge in [-0.3, -0.25) is 14.9 Å². The number of carbonyl (C=O) groups is 3. The normalized spacial score (nSPS) is 20.6. The predicted octanol–water partition coefficient (Wildman–Crippen LogP) is 4.40. The Morgan fingerprint density at radius 2 is 1.78 bits per heavy atom. The van der Waals surface area contributed by atoms with Crippen molar-refractivity contribution in [1.29, 1.82) is 0 Å². The van der Waals surface area contributed by atoms with Crippen molar-refractivity contribution in [2.24, 2.45) is 5.73 Å². The molecule has 3 fully saturated rings. The molecule has 7 rings (SSSR count). The Morgan fingerprint density at radius 1 is 1.09 bits per heavy atom. The van der Waals surface area contributed by atoms with E-state index in [9.17, 15) is 22.8 Å². The first kappa shape index (κ1) is 30.3. The van der Waals surface area contributed by atoms with Gasteiger partial charge in [0.25, 0.3) is 10.0 Å². The number of carbonyl (C=O) groups excluding carboxylic acids is 3. The van der Waals surface area contributed by atoms with E-state index in [2.05, 4.69) is 15.4 Å². The van der Waals surface area contributed by atoms with Crippen molar-refractivity contribution in [3.8, 4) is 0 Å². The summed E-state index contributed by atoms with van der Waals surface area (Å²) in [4.78, 5) is 40.7. The standard InChI is InChI=1S/C33H37N5O7S/c1-20-27(35-31(41)44-21(2)22-6-4-3-5-7-22)28(45-36-20)23-10-16-37(17-11-23)25-8-9-26-24(18-25)19-38(30(40)32(26)12-13-32)46(42,43)33(14-15-33)29(34)39/h3-9,18,21,23H,10-17,19H2,1-2H3,(H2,34,39)(H,35,41)/t21-/m1/s1. The lowest BCUT2D eigenvalue weighted by Crippen LogP contribution is -2.53. The Kier molecular flexibility index (Phi) is 7.14. The highest BCUT2D eigenvalue weighted by atomic mass is 32.2. The molecule has 3 aromatic rings. The van der Waals surface area contributed by atoms with Crippen molar-refractivity contribution in [2.45, 2.75) is 81.1 Å². The van der Waals surface area contributed by atoms with Crippen LogP contribution in [0.4, 0.5) is 16.2 Å². The number of benzene rings is 2. The van der Waals surface area contributed by atoms with Crippen LogP contribution in [0.25, 0.3) is 0 Å². The van der Waals surface area contributed by atoms with Gasteiger partial charge in [-0.15, -0.1) is 0 Å². The zero-order valence-corrected chi connectivity index (χ0v) is 26.6. The first-order valence-electron chi connectivity index (χ1n) is 15.7. The molecule has 1 atom stereocenters. The number of piperidine rings is 1. The van der Waals surface area contributed by atoms with E-state index in [0.29, 0.717) is 43.1 Å². The van der Waals surface area contributed by atoms with Crippen LogP contribution in [0.1, 0.15) is 85.6 Å². The van der Waals surface area contributed by atoms with Crippen LogP contribution in [0.2, 0.25) is 0 Å². The van der Waals surface area contributed by atoms with Gasteiger partial charge in [0.2, 0.25) is 11.8 Å². The smallest absolute Gasteiger partial charge is 0.412 e. The largest absolute Gasteiger partial charge is 0.441 e. The van der Waals surface area contributed by atoms with Crippen LogP contribution < -0.4 is 16.0 Å². The van der Waals surface area contributed by atoms with Crippen molar-refractivity contribution in [1.82, 2.24) is 9.46 Å². The molecule has 2 saturated carbocycles. The van der Waals surface area contributed by atoms with Gasteiger partial charge in [0, 0.05) is 24.7 Å². The third-order valence-corrected chi connectivity index (χ3v) is 12.6. The maximum absolute atomic E-state index is 13.6. The summed E-state index contributed by atoms with van der Waals surface area (Å²) in [6.45, 7) is 4.87. The first-order chi connectivity index (χ1) is 22.0. The van der Waals surface area contributed by atoms with Crippen LogP contribution in [-0.4, -0.2) is 53.6 Å². The van der Waals surface area contributed by atoms with Crippen LogP contribution >= 0.6 is 0 Å². The van der Waals surface area contributed by atoms with Gasteiger partial charge in [-0.1, -0.05) is 41.6 Å². The van der Waals surface area contributed by atoms with E-state index in [-0.39, 0.29) is 25.3 Å². The highest BCUT2D eigenvalue weighted by Crippen LogP contribution is 2.56. The molecule has 12 nitrogen and oxygen atoms in total. The Hall–Kier alpha value is -4.39. The molecule has 2 aliphatic heterocycles. The van der Waals surface area contributed by atoms with E-state index < -0.39 is 44.2 Å². The van der Waals surface area contributed by atoms with Crippen LogP contribution in [-0.2, 0) is 36.3 Å². The number of ether oxygens (including phenoxy) is 1. The number of anilines is 2. The number of aryl methyl sites for hydroxylation is 1. The lowest BCUT2D eigenvalue weighted by Gasteiger charge is -2.37. The second kappa shape index (κ2) is 10.9. The highest BCUT2D eigenvalue weighted by Gasteiger charge is 2.66. The van der Waals surface area contributed by atoms with Crippen LogP contribution in [0.5, 0.6) is 0 Å². The molecule has 1 saturated heterocycles. The molecule has 4 aliphatic rings. The topological polar surface area (TPSA) is 165 Å². The number of amides is 3. The van der Waals surface area contributed by atoms with Crippen molar-refractivity contribution >= 4 is 39.3 Å². The van der Waals surface area contributed by atoms with Crippen molar-refractivity contribution in [3.05, 3.63) is 76.7 Å². The molecule has 1 aromatic heterocycles. The summed E-state index contributed by atoms with van der Waals surface area (Å²) in [5.41, 5.74) is 9.22. The Morgan fingerprint density at radius 3 is 2.41 bits per heavy atom. The summed E-state index contributed by atoms with van der Waals surface area (Å²) in [6, 6.07) is 15.4. The third-order valence-electron chi connectivity index (χ3n) is 10.1. The maximum atomic E-state index is 13.6. The summed E-state index contributed by atoms with van der Waals surface area (Å²) in [5, 5.41) is 6.97. The molecule has 2 aliphatic carbocycles. The third kappa shape index (κ3) is 4.83. The van der Waals surface area contributed by atoms with Crippen LogP contribution in [0.15, 0.2) is 53.1 Å². The minimum atomic E-state index is -4.24. The summed E-state index contributed by atoms with van der Waals surface area (Å²) < 4.78 is 37.7. The molecule has 0 radical (unpaired) electrons. The molecular formula is C33H37N5O7S. The molecule has 2 aromatic carbocycles. The van der Waals surface area contributed by atoms with Gasteiger partial charge in [0.05, 0.1) is 12.0 Å². The molecule has 46 heavy (non-hydrogen) atoms. The number of hydrogen-bond donors (Lipinski definition) is 2. The maximum Gasteiger partial charge on any atom is 0.412 e. The summed E-state index contributed by atoms with van der Waals surface area (Å²) in [6.07, 6.45) is 1.89. The number of aromatic nitrogens is 1. The zero-order chi connectivity index (χ0) is 32.4. The van der Waals surface area contributed by atoms with Gasteiger partial charge < -0.3 is 19.9 Å². The SMILES string of the molecule is Cc1noc(C2CCN(c3ccc4c(c3)CN(S(=O)(=O)C3(C(N)=O)CC3)C(=O)C43CC3)CC2)c1NC(=O)O[C@H](C)c1ccccc1. The van der Waals surface area contributed by atoms with E-state index in [4.69, 9.17) is 15.0 Å². The second-order valence-corrected chi connectivity index (χ2v) is 15.1. The van der Waals surface area contributed by atoms with Crippen molar-refractivity contribution < 1.29 is 32.1 Å². The Labute approximate surface area is 267 Å². The van der Waals surface area contributed by atoms with Gasteiger partial charge in [-0.2, -0.15) is 0 Å². The highest BCUT2D eigenvalue weighted by molar-refractivity contribution is 7.92. The average molecular weight is 648 g/mol. The van der Waals surface area contributed by atoms with Gasteiger partial charge in [0.1, 0.15) is 17.5 Å². The first-order valence-corrected chi connectivity index (χ1v) is 17.1. The van der Waals surface area contributed by atoms with Crippen molar-refractivity contribution in [2.75, 3.05) is 23.3 Å². The van der Waals surface area contributed by atoms with Gasteiger partial charge in [0.15, 0.2) is 10.5 Å². The van der Waals surface area contributed by atoms with Crippen molar-refractivity contribution in [3.63, 3.8) is 0 Å². The number of hydrogen-bond acceptors (Lipinski definition) is 9.